The van der Waals surface area contributed by atoms with E-state index in [1.807, 2.05) is 0 Å². The van der Waals surface area contributed by atoms with E-state index in [2.05, 4.69) is 5.32 Å². The van der Waals surface area contributed by atoms with Crippen LogP contribution in [0.4, 0.5) is 13.2 Å². The maximum Gasteiger partial charge on any atom is 0.264 e. The summed E-state index contributed by atoms with van der Waals surface area (Å²) in [6, 6.07) is 5.43. The summed E-state index contributed by atoms with van der Waals surface area (Å²) in [4.78, 5) is 1.75. The smallest absolute Gasteiger partial charge is 0.264 e. The first-order chi connectivity index (χ1) is 8.55. The lowest BCUT2D eigenvalue weighted by atomic mass is 10.1. The quantitative estimate of drug-likeness (QED) is 0.887. The lowest BCUT2D eigenvalue weighted by Crippen LogP contribution is -2.48. The maximum atomic E-state index is 13.8. The zero-order valence-corrected chi connectivity index (χ0v) is 10.1. The van der Waals surface area contributed by atoms with Crippen LogP contribution in [0.5, 0.6) is 0 Å². The molecule has 0 atom stereocenters. The molecule has 18 heavy (non-hydrogen) atoms. The predicted molar refractivity (Wildman–Crippen MR) is 64.4 cm³/mol. The molecular weight excluding hydrogens is 241 g/mol. The SMILES string of the molecule is Fc1cccc(CC(F)(F)CN2CCNCC2)c1. The molecule has 0 unspecified atom stereocenters. The standard InChI is InChI=1S/C13H17F3N2/c14-12-3-1-2-11(8-12)9-13(15,16)10-18-6-4-17-5-7-18/h1-3,8,17H,4-7,9-10H2. The first-order valence-corrected chi connectivity index (χ1v) is 6.10. The fraction of sp³-hybridized carbons (Fsp3) is 0.538. The minimum atomic E-state index is -2.81. The Morgan fingerprint density at radius 2 is 1.94 bits per heavy atom. The van der Waals surface area contributed by atoms with Crippen molar-refractivity contribution < 1.29 is 13.2 Å². The van der Waals surface area contributed by atoms with Crippen molar-refractivity contribution in [2.45, 2.75) is 12.3 Å². The Labute approximate surface area is 105 Å². The molecule has 1 N–H and O–H groups in total. The number of nitrogens with zero attached hydrogens (tertiary/aromatic N) is 1. The Bertz CT molecular complexity index is 390. The van der Waals surface area contributed by atoms with Crippen molar-refractivity contribution in [3.8, 4) is 0 Å². The van der Waals surface area contributed by atoms with Crippen LogP contribution in [-0.2, 0) is 6.42 Å². The Balaban J connectivity index is 1.93. The van der Waals surface area contributed by atoms with Crippen LogP contribution >= 0.6 is 0 Å². The van der Waals surface area contributed by atoms with Gasteiger partial charge in [-0.2, -0.15) is 0 Å². The summed E-state index contributed by atoms with van der Waals surface area (Å²) >= 11 is 0. The van der Waals surface area contributed by atoms with Crippen molar-refractivity contribution in [3.63, 3.8) is 0 Å². The Hall–Kier alpha value is -1.07. The van der Waals surface area contributed by atoms with Gasteiger partial charge in [0.1, 0.15) is 5.82 Å². The molecule has 0 radical (unpaired) electrons. The minimum Gasteiger partial charge on any atom is -0.314 e. The molecule has 0 bridgehead atoms. The topological polar surface area (TPSA) is 15.3 Å². The lowest BCUT2D eigenvalue weighted by molar-refractivity contribution is -0.0337. The van der Waals surface area contributed by atoms with Gasteiger partial charge in [0, 0.05) is 32.6 Å². The average Bonchev–Trinajstić information content (AvgIpc) is 2.28. The van der Waals surface area contributed by atoms with Gasteiger partial charge in [-0.1, -0.05) is 12.1 Å². The van der Waals surface area contributed by atoms with Crippen LogP contribution in [0.2, 0.25) is 0 Å². The molecule has 1 aromatic carbocycles. The van der Waals surface area contributed by atoms with Crippen LogP contribution in [0.3, 0.4) is 0 Å². The minimum absolute atomic E-state index is 0.259. The molecule has 1 aliphatic heterocycles. The Morgan fingerprint density at radius 3 is 2.61 bits per heavy atom. The van der Waals surface area contributed by atoms with E-state index >= 15 is 0 Å². The van der Waals surface area contributed by atoms with E-state index < -0.39 is 18.2 Å². The van der Waals surface area contributed by atoms with E-state index in [0.717, 1.165) is 13.1 Å². The van der Waals surface area contributed by atoms with Gasteiger partial charge >= 0.3 is 0 Å². The van der Waals surface area contributed by atoms with E-state index in [4.69, 9.17) is 0 Å². The molecule has 1 fully saturated rings. The van der Waals surface area contributed by atoms with Gasteiger partial charge in [-0.3, -0.25) is 4.90 Å². The summed E-state index contributed by atoms with van der Waals surface area (Å²) in [7, 11) is 0. The highest BCUT2D eigenvalue weighted by atomic mass is 19.3. The predicted octanol–water partition coefficient (Wildman–Crippen LogP) is 1.91. The Kier molecular flexibility index (Phi) is 4.24. The summed E-state index contributed by atoms with van der Waals surface area (Å²) in [5.41, 5.74) is 0.343. The zero-order chi connectivity index (χ0) is 13.0. The van der Waals surface area contributed by atoms with E-state index in [1.165, 1.54) is 24.3 Å². The molecule has 1 heterocycles. The van der Waals surface area contributed by atoms with Crippen molar-refractivity contribution >= 4 is 0 Å². The van der Waals surface area contributed by atoms with E-state index in [1.54, 1.807) is 4.90 Å². The average molecular weight is 258 g/mol. The summed E-state index contributed by atoms with van der Waals surface area (Å²) in [5, 5.41) is 3.12. The molecule has 1 aliphatic rings. The Morgan fingerprint density at radius 1 is 1.22 bits per heavy atom. The lowest BCUT2D eigenvalue weighted by Gasteiger charge is -2.30. The number of benzene rings is 1. The summed E-state index contributed by atoms with van der Waals surface area (Å²) in [6.45, 7) is 2.51. The molecule has 0 aromatic heterocycles. The summed E-state index contributed by atoms with van der Waals surface area (Å²) in [6.07, 6.45) is -0.408. The van der Waals surface area contributed by atoms with Gasteiger partial charge in [0.2, 0.25) is 0 Å². The molecule has 0 amide bonds. The van der Waals surface area contributed by atoms with Gasteiger partial charge in [-0.05, 0) is 17.7 Å². The monoisotopic (exact) mass is 258 g/mol. The number of halogens is 3. The van der Waals surface area contributed by atoms with Crippen LogP contribution in [0, 0.1) is 5.82 Å². The second kappa shape index (κ2) is 5.71. The van der Waals surface area contributed by atoms with Gasteiger partial charge in [0.25, 0.3) is 5.92 Å². The van der Waals surface area contributed by atoms with Crippen LogP contribution in [0.15, 0.2) is 24.3 Å². The molecule has 1 saturated heterocycles. The first-order valence-electron chi connectivity index (χ1n) is 6.10. The van der Waals surface area contributed by atoms with Gasteiger partial charge in [0.05, 0.1) is 6.54 Å². The second-order valence-corrected chi connectivity index (χ2v) is 4.69. The molecular formula is C13H17F3N2. The third-order valence-electron chi connectivity index (χ3n) is 3.02. The molecule has 0 saturated carbocycles. The molecule has 2 nitrogen and oxygen atoms in total. The molecule has 0 aliphatic carbocycles. The maximum absolute atomic E-state index is 13.8. The van der Waals surface area contributed by atoms with Crippen molar-refractivity contribution in [1.29, 1.82) is 0 Å². The van der Waals surface area contributed by atoms with Gasteiger partial charge < -0.3 is 5.32 Å². The van der Waals surface area contributed by atoms with Gasteiger partial charge in [-0.15, -0.1) is 0 Å². The number of rotatable bonds is 4. The number of hydrogen-bond donors (Lipinski definition) is 1. The number of piperazine rings is 1. The van der Waals surface area contributed by atoms with Crippen LogP contribution in [0.25, 0.3) is 0 Å². The van der Waals surface area contributed by atoms with E-state index in [-0.39, 0.29) is 6.54 Å². The third-order valence-corrected chi connectivity index (χ3v) is 3.02. The third kappa shape index (κ3) is 3.99. The highest BCUT2D eigenvalue weighted by molar-refractivity contribution is 5.17. The second-order valence-electron chi connectivity index (χ2n) is 4.69. The van der Waals surface area contributed by atoms with E-state index in [9.17, 15) is 13.2 Å². The van der Waals surface area contributed by atoms with Gasteiger partial charge in [-0.25, -0.2) is 13.2 Å². The van der Waals surface area contributed by atoms with E-state index in [0.29, 0.717) is 18.7 Å². The fourth-order valence-corrected chi connectivity index (χ4v) is 2.20. The molecule has 5 heteroatoms. The molecule has 100 valence electrons. The highest BCUT2D eigenvalue weighted by Crippen LogP contribution is 2.22. The molecule has 0 spiro atoms. The normalized spacial score (nSPS) is 17.9. The van der Waals surface area contributed by atoms with Crippen LogP contribution < -0.4 is 5.32 Å². The van der Waals surface area contributed by atoms with Gasteiger partial charge in [0.15, 0.2) is 0 Å². The summed E-state index contributed by atoms with van der Waals surface area (Å²) in [5.74, 6) is -3.28. The summed E-state index contributed by atoms with van der Waals surface area (Å²) < 4.78 is 40.6. The van der Waals surface area contributed by atoms with Crippen molar-refractivity contribution in [2.75, 3.05) is 32.7 Å². The molecule has 1 aromatic rings. The first kappa shape index (κ1) is 13.4. The molecule has 2 rings (SSSR count). The zero-order valence-electron chi connectivity index (χ0n) is 10.1. The van der Waals surface area contributed by atoms with Crippen molar-refractivity contribution in [2.24, 2.45) is 0 Å². The number of alkyl halides is 2. The number of hydrogen-bond acceptors (Lipinski definition) is 2. The van der Waals surface area contributed by atoms with Crippen LogP contribution in [-0.4, -0.2) is 43.5 Å². The number of nitrogens with one attached hydrogen (secondary N) is 1. The van der Waals surface area contributed by atoms with Crippen molar-refractivity contribution in [3.05, 3.63) is 35.6 Å². The highest BCUT2D eigenvalue weighted by Gasteiger charge is 2.32. The van der Waals surface area contributed by atoms with Crippen LogP contribution in [0.1, 0.15) is 5.56 Å². The van der Waals surface area contributed by atoms with Crippen molar-refractivity contribution in [1.82, 2.24) is 10.2 Å². The fourth-order valence-electron chi connectivity index (χ4n) is 2.20. The largest absolute Gasteiger partial charge is 0.314 e.